The lowest BCUT2D eigenvalue weighted by molar-refractivity contribution is -0.136. The normalized spacial score (nSPS) is 24.9. The van der Waals surface area contributed by atoms with Crippen LogP contribution in [0.3, 0.4) is 0 Å². The van der Waals surface area contributed by atoms with E-state index in [0.717, 1.165) is 43.0 Å². The molecule has 3 amide bonds. The summed E-state index contributed by atoms with van der Waals surface area (Å²) < 4.78 is 0. The van der Waals surface area contributed by atoms with Crippen molar-refractivity contribution in [3.8, 4) is 11.8 Å². The van der Waals surface area contributed by atoms with Crippen molar-refractivity contribution in [2.24, 2.45) is 11.8 Å². The topological polar surface area (TPSA) is 69.7 Å². The zero-order valence-corrected chi connectivity index (χ0v) is 19.3. The lowest BCUT2D eigenvalue weighted by Gasteiger charge is -2.34. The molecule has 1 saturated carbocycles. The Kier molecular flexibility index (Phi) is 6.50. The number of imide groups is 1. The van der Waals surface area contributed by atoms with Crippen LogP contribution in [-0.2, 0) is 16.1 Å². The molecule has 1 aliphatic carbocycles. The van der Waals surface area contributed by atoms with Crippen LogP contribution >= 0.6 is 0 Å². The smallest absolute Gasteiger partial charge is 0.255 e. The van der Waals surface area contributed by atoms with Crippen LogP contribution in [0.25, 0.3) is 0 Å². The molecule has 1 atom stereocenters. The van der Waals surface area contributed by atoms with Crippen LogP contribution in [0, 0.1) is 23.7 Å². The summed E-state index contributed by atoms with van der Waals surface area (Å²) in [5.74, 6) is 7.37. The maximum atomic E-state index is 12.8. The predicted molar refractivity (Wildman–Crippen MR) is 125 cm³/mol. The molecule has 1 unspecified atom stereocenters. The largest absolute Gasteiger partial charge is 0.322 e. The number of nitrogens with zero attached hydrogens (tertiary/aromatic N) is 2. The summed E-state index contributed by atoms with van der Waals surface area (Å²) in [5, 5.41) is 2.35. The van der Waals surface area contributed by atoms with Crippen molar-refractivity contribution in [3.05, 3.63) is 34.9 Å². The Morgan fingerprint density at radius 3 is 2.52 bits per heavy atom. The van der Waals surface area contributed by atoms with Gasteiger partial charge < -0.3 is 9.80 Å². The molecule has 2 saturated heterocycles. The lowest BCUT2D eigenvalue weighted by Crippen LogP contribution is -2.52. The fourth-order valence-electron chi connectivity index (χ4n) is 5.83. The first-order valence-electron chi connectivity index (χ1n) is 12.6. The molecule has 6 nitrogen and oxygen atoms in total. The lowest BCUT2D eigenvalue weighted by atomic mass is 9.88. The molecule has 0 aromatic heterocycles. The van der Waals surface area contributed by atoms with Gasteiger partial charge in [-0.2, -0.15) is 0 Å². The summed E-state index contributed by atoms with van der Waals surface area (Å²) in [7, 11) is 0. The summed E-state index contributed by atoms with van der Waals surface area (Å²) in [4.78, 5) is 40.7. The van der Waals surface area contributed by atoms with Gasteiger partial charge >= 0.3 is 0 Å². The second kappa shape index (κ2) is 9.69. The quantitative estimate of drug-likeness (QED) is 0.571. The van der Waals surface area contributed by atoms with E-state index in [9.17, 15) is 14.4 Å². The number of hydrogen-bond donors (Lipinski definition) is 1. The van der Waals surface area contributed by atoms with Crippen molar-refractivity contribution in [2.45, 2.75) is 70.4 Å². The maximum Gasteiger partial charge on any atom is 0.255 e. The van der Waals surface area contributed by atoms with Crippen LogP contribution in [0.2, 0.25) is 0 Å². The molecule has 0 spiro atoms. The Morgan fingerprint density at radius 2 is 1.76 bits per heavy atom. The van der Waals surface area contributed by atoms with Crippen molar-refractivity contribution in [2.75, 3.05) is 19.6 Å². The molecular formula is C27H33N3O3. The number of fused-ring (bicyclic) bond motifs is 1. The van der Waals surface area contributed by atoms with Crippen molar-refractivity contribution >= 4 is 17.7 Å². The highest BCUT2D eigenvalue weighted by Crippen LogP contribution is 2.29. The Labute approximate surface area is 196 Å². The van der Waals surface area contributed by atoms with E-state index in [1.807, 2.05) is 18.2 Å². The van der Waals surface area contributed by atoms with E-state index in [4.69, 9.17) is 0 Å². The first-order chi connectivity index (χ1) is 16.1. The van der Waals surface area contributed by atoms with Gasteiger partial charge in [0.25, 0.3) is 5.91 Å². The number of piperidine rings is 2. The second-order valence-electron chi connectivity index (χ2n) is 10.1. The Morgan fingerprint density at radius 1 is 0.970 bits per heavy atom. The Balaban J connectivity index is 1.17. The zero-order chi connectivity index (χ0) is 22.8. The Hall–Kier alpha value is -2.65. The van der Waals surface area contributed by atoms with Crippen LogP contribution in [0.5, 0.6) is 0 Å². The second-order valence-corrected chi connectivity index (χ2v) is 10.1. The van der Waals surface area contributed by atoms with Gasteiger partial charge in [0.2, 0.25) is 11.8 Å². The van der Waals surface area contributed by atoms with E-state index < -0.39 is 6.04 Å². The molecule has 3 heterocycles. The highest BCUT2D eigenvalue weighted by Gasteiger charge is 2.39. The molecule has 4 aliphatic rings. The molecule has 3 fully saturated rings. The molecular weight excluding hydrogens is 414 g/mol. The Bertz CT molecular complexity index is 994. The zero-order valence-electron chi connectivity index (χ0n) is 19.3. The first-order valence-corrected chi connectivity index (χ1v) is 12.6. The molecule has 3 aliphatic heterocycles. The minimum Gasteiger partial charge on any atom is -0.322 e. The molecule has 1 N–H and O–H groups in total. The number of benzene rings is 1. The molecule has 174 valence electrons. The van der Waals surface area contributed by atoms with Gasteiger partial charge in [0.15, 0.2) is 0 Å². The monoisotopic (exact) mass is 447 g/mol. The minimum absolute atomic E-state index is 0.135. The number of hydrogen-bond acceptors (Lipinski definition) is 4. The van der Waals surface area contributed by atoms with Crippen LogP contribution in [0.15, 0.2) is 18.2 Å². The molecule has 6 heteroatoms. The van der Waals surface area contributed by atoms with E-state index >= 15 is 0 Å². The van der Waals surface area contributed by atoms with E-state index in [1.54, 1.807) is 4.90 Å². The number of likely N-dealkylation sites (tertiary alicyclic amines) is 1. The molecule has 5 rings (SSSR count). The molecule has 0 bridgehead atoms. The summed E-state index contributed by atoms with van der Waals surface area (Å²) in [6.45, 7) is 3.96. The van der Waals surface area contributed by atoms with Gasteiger partial charge in [0, 0.05) is 36.6 Å². The van der Waals surface area contributed by atoms with Crippen molar-refractivity contribution < 1.29 is 14.4 Å². The third-order valence-corrected chi connectivity index (χ3v) is 7.77. The highest BCUT2D eigenvalue weighted by molar-refractivity contribution is 6.05. The third kappa shape index (κ3) is 4.99. The predicted octanol–water partition coefficient (Wildman–Crippen LogP) is 3.09. The average molecular weight is 448 g/mol. The fraction of sp³-hybridized carbons (Fsp3) is 0.593. The average Bonchev–Trinajstić information content (AvgIpc) is 3.15. The number of carbonyl (C=O) groups is 3. The molecule has 33 heavy (non-hydrogen) atoms. The van der Waals surface area contributed by atoms with Crippen molar-refractivity contribution in [1.82, 2.24) is 15.1 Å². The van der Waals surface area contributed by atoms with Gasteiger partial charge in [-0.15, -0.1) is 0 Å². The highest BCUT2D eigenvalue weighted by atomic mass is 16.2. The number of rotatable bonds is 3. The molecule has 0 radical (unpaired) electrons. The summed E-state index contributed by atoms with van der Waals surface area (Å²) in [5.41, 5.74) is 2.48. The van der Waals surface area contributed by atoms with E-state index in [1.165, 1.54) is 38.6 Å². The van der Waals surface area contributed by atoms with Gasteiger partial charge in [-0.3, -0.25) is 19.7 Å². The van der Waals surface area contributed by atoms with E-state index in [-0.39, 0.29) is 24.1 Å². The number of amides is 3. The van der Waals surface area contributed by atoms with Gasteiger partial charge in [-0.1, -0.05) is 31.1 Å². The van der Waals surface area contributed by atoms with E-state index in [0.29, 0.717) is 24.4 Å². The van der Waals surface area contributed by atoms with Crippen LogP contribution in [0.4, 0.5) is 0 Å². The number of carbonyl (C=O) groups excluding carboxylic acids is 3. The van der Waals surface area contributed by atoms with Gasteiger partial charge in [-0.05, 0) is 74.9 Å². The summed E-state index contributed by atoms with van der Waals surface area (Å²) in [6, 6.07) is 5.16. The molecule has 1 aromatic carbocycles. The van der Waals surface area contributed by atoms with Crippen LogP contribution in [-0.4, -0.2) is 53.2 Å². The maximum absolute atomic E-state index is 12.8. The first kappa shape index (κ1) is 22.2. The van der Waals surface area contributed by atoms with Gasteiger partial charge in [-0.25, -0.2) is 0 Å². The van der Waals surface area contributed by atoms with E-state index in [2.05, 4.69) is 22.1 Å². The van der Waals surface area contributed by atoms with Gasteiger partial charge in [0.05, 0.1) is 0 Å². The van der Waals surface area contributed by atoms with Crippen LogP contribution in [0.1, 0.15) is 79.3 Å². The van der Waals surface area contributed by atoms with Gasteiger partial charge in [0.1, 0.15) is 6.04 Å². The standard InChI is InChI=1S/C27H33N3O3/c31-25-11-10-24(26(32)28-25)30-18-22-16-20(8-9-23(22)27(30)33)7-6-19-12-14-29(15-13-19)17-21-4-2-1-3-5-21/h8-9,16,19,21,24H,1-5,10-15,17-18H2,(H,28,31,32). The minimum atomic E-state index is -0.573. The van der Waals surface area contributed by atoms with Crippen molar-refractivity contribution in [1.29, 1.82) is 0 Å². The summed E-state index contributed by atoms with van der Waals surface area (Å²) in [6.07, 6.45) is 9.96. The summed E-state index contributed by atoms with van der Waals surface area (Å²) >= 11 is 0. The van der Waals surface area contributed by atoms with Crippen LogP contribution < -0.4 is 5.32 Å². The number of nitrogens with one attached hydrogen (secondary N) is 1. The van der Waals surface area contributed by atoms with Crippen molar-refractivity contribution in [3.63, 3.8) is 0 Å². The SMILES string of the molecule is O=C1CCC(N2Cc3cc(C#CC4CCN(CC5CCCCC5)CC4)ccc3C2=O)C(=O)N1. The molecule has 1 aromatic rings. The third-order valence-electron chi connectivity index (χ3n) is 7.77. The fourth-order valence-corrected chi connectivity index (χ4v) is 5.83.